The SMILES string of the molecule is CNC(=N)N[C@]12CCC(C)(C)C[C@@H]1[C@H]1C(=O)C=C3[C@@]4(C)C=C(C#N)C(=O)C(C)(C)[C@@H]4CC[C@@]3(C)[C@]1(C)CC2. The Morgan fingerprint density at radius 1 is 1.03 bits per heavy atom. The first-order chi connectivity index (χ1) is 17.5. The first kappa shape index (κ1) is 27.2. The molecule has 5 aliphatic carbocycles. The van der Waals surface area contributed by atoms with Gasteiger partial charge in [0.05, 0.1) is 5.57 Å². The van der Waals surface area contributed by atoms with Crippen LogP contribution >= 0.6 is 0 Å². The van der Waals surface area contributed by atoms with E-state index in [0.717, 1.165) is 50.5 Å². The summed E-state index contributed by atoms with van der Waals surface area (Å²) in [5, 5.41) is 24.9. The number of hydrogen-bond donors (Lipinski definition) is 3. The van der Waals surface area contributed by atoms with Crippen molar-refractivity contribution in [1.82, 2.24) is 10.6 Å². The summed E-state index contributed by atoms with van der Waals surface area (Å²) < 4.78 is 0. The highest BCUT2D eigenvalue weighted by Crippen LogP contribution is 2.73. The van der Waals surface area contributed by atoms with Crippen molar-refractivity contribution in [2.45, 2.75) is 99.0 Å². The molecule has 0 radical (unpaired) electrons. The van der Waals surface area contributed by atoms with E-state index in [4.69, 9.17) is 5.41 Å². The van der Waals surface area contributed by atoms with Crippen LogP contribution in [0.25, 0.3) is 0 Å². The number of guanidine groups is 1. The molecule has 0 amide bonds. The fraction of sp³-hybridized carbons (Fsp3) is 0.750. The number of fused-ring (bicyclic) bond motifs is 7. The quantitative estimate of drug-likeness (QED) is 0.305. The van der Waals surface area contributed by atoms with E-state index in [1.165, 1.54) is 0 Å². The Morgan fingerprint density at radius 3 is 2.32 bits per heavy atom. The maximum absolute atomic E-state index is 14.5. The lowest BCUT2D eigenvalue weighted by Gasteiger charge is -2.69. The van der Waals surface area contributed by atoms with Crippen LogP contribution in [0.3, 0.4) is 0 Å². The molecular weight excluding hydrogens is 472 g/mol. The fourth-order valence-corrected chi connectivity index (χ4v) is 10.2. The van der Waals surface area contributed by atoms with E-state index >= 15 is 0 Å². The van der Waals surface area contributed by atoms with Crippen LogP contribution in [-0.4, -0.2) is 30.1 Å². The predicted molar refractivity (Wildman–Crippen MR) is 149 cm³/mol. The van der Waals surface area contributed by atoms with E-state index in [9.17, 15) is 14.9 Å². The molecule has 6 nitrogen and oxygen atoms in total. The highest BCUT2D eigenvalue weighted by atomic mass is 16.1. The van der Waals surface area contributed by atoms with Crippen molar-refractivity contribution < 1.29 is 9.59 Å². The third-order valence-corrected chi connectivity index (χ3v) is 12.5. The number of rotatable bonds is 1. The molecule has 3 fully saturated rings. The number of nitriles is 1. The Kier molecular flexibility index (Phi) is 5.76. The van der Waals surface area contributed by atoms with Gasteiger partial charge in [-0.1, -0.05) is 60.1 Å². The van der Waals surface area contributed by atoms with E-state index < -0.39 is 10.8 Å². The molecule has 5 aliphatic rings. The maximum Gasteiger partial charge on any atom is 0.188 e. The zero-order valence-electron chi connectivity index (χ0n) is 24.6. The topological polar surface area (TPSA) is 106 Å². The van der Waals surface area contributed by atoms with Crippen LogP contribution in [0.1, 0.15) is 93.4 Å². The van der Waals surface area contributed by atoms with E-state index in [1.807, 2.05) is 26.0 Å². The van der Waals surface area contributed by atoms with Crippen LogP contribution in [0.5, 0.6) is 0 Å². The highest BCUT2D eigenvalue weighted by molar-refractivity contribution is 6.04. The minimum Gasteiger partial charge on any atom is -0.360 e. The molecule has 3 N–H and O–H groups in total. The molecule has 7 atom stereocenters. The number of nitrogens with zero attached hydrogens (tertiary/aromatic N) is 1. The predicted octanol–water partition coefficient (Wildman–Crippen LogP) is 5.70. The molecule has 0 saturated heterocycles. The molecule has 0 aromatic heterocycles. The number of hydrogen-bond acceptors (Lipinski definition) is 4. The minimum atomic E-state index is -0.649. The Bertz CT molecular complexity index is 1220. The monoisotopic (exact) mass is 518 g/mol. The molecule has 0 aliphatic heterocycles. The summed E-state index contributed by atoms with van der Waals surface area (Å²) in [6, 6.07) is 2.19. The lowest BCUT2D eigenvalue weighted by Crippen LogP contribution is -2.70. The van der Waals surface area contributed by atoms with Gasteiger partial charge in [-0.3, -0.25) is 15.0 Å². The van der Waals surface area contributed by atoms with Gasteiger partial charge in [0.1, 0.15) is 6.07 Å². The van der Waals surface area contributed by atoms with Crippen molar-refractivity contribution in [3.63, 3.8) is 0 Å². The molecule has 6 heteroatoms. The normalized spacial score (nSPS) is 44.7. The summed E-state index contributed by atoms with van der Waals surface area (Å²) in [6.45, 7) is 15.5. The van der Waals surface area contributed by atoms with Crippen LogP contribution in [0, 0.1) is 61.6 Å². The van der Waals surface area contributed by atoms with Gasteiger partial charge in [0.15, 0.2) is 17.5 Å². The second kappa shape index (κ2) is 8.05. The number of carbonyl (C=O) groups excluding carboxylic acids is 2. The van der Waals surface area contributed by atoms with Crippen LogP contribution in [0.4, 0.5) is 0 Å². The summed E-state index contributed by atoms with van der Waals surface area (Å²) in [6.07, 6.45) is 10.6. The molecular formula is C32H46N4O2. The largest absolute Gasteiger partial charge is 0.360 e. The molecule has 0 unspecified atom stereocenters. The molecule has 38 heavy (non-hydrogen) atoms. The van der Waals surface area contributed by atoms with Crippen molar-refractivity contribution in [3.05, 3.63) is 23.3 Å². The Morgan fingerprint density at radius 2 is 1.68 bits per heavy atom. The maximum atomic E-state index is 14.5. The lowest BCUT2D eigenvalue weighted by molar-refractivity contribution is -0.160. The number of allylic oxidation sites excluding steroid dienone is 4. The van der Waals surface area contributed by atoms with Gasteiger partial charge >= 0.3 is 0 Å². The lowest BCUT2D eigenvalue weighted by atomic mass is 9.35. The molecule has 0 bridgehead atoms. The van der Waals surface area contributed by atoms with E-state index in [1.54, 1.807) is 7.05 Å². The zero-order valence-corrected chi connectivity index (χ0v) is 24.6. The van der Waals surface area contributed by atoms with Crippen LogP contribution in [-0.2, 0) is 9.59 Å². The average Bonchev–Trinajstić information content (AvgIpc) is 2.83. The first-order valence-corrected chi connectivity index (χ1v) is 14.5. The molecule has 0 heterocycles. The number of carbonyl (C=O) groups is 2. The molecule has 0 aromatic rings. The first-order valence-electron chi connectivity index (χ1n) is 14.5. The third kappa shape index (κ3) is 3.32. The van der Waals surface area contributed by atoms with Gasteiger partial charge in [0.25, 0.3) is 0 Å². The van der Waals surface area contributed by atoms with Gasteiger partial charge in [-0.05, 0) is 79.1 Å². The molecule has 5 rings (SSSR count). The van der Waals surface area contributed by atoms with Gasteiger partial charge in [-0.15, -0.1) is 0 Å². The Balaban J connectivity index is 1.68. The van der Waals surface area contributed by atoms with Crippen molar-refractivity contribution in [2.24, 2.45) is 44.8 Å². The van der Waals surface area contributed by atoms with Crippen molar-refractivity contribution in [3.8, 4) is 6.07 Å². The summed E-state index contributed by atoms with van der Waals surface area (Å²) in [4.78, 5) is 27.7. The standard InChI is InChI=1S/C32H46N4O2/c1-27(2)11-13-32(36-26(34)35-8)14-12-31(7)24(20(32)17-27)21(37)15-23-29(5)16-19(18-33)25(38)28(3,4)22(29)9-10-30(23,31)6/h15-16,20,22,24H,9-14,17H2,1-8H3,(H3,34,35,36)/t20-,22+,24+,29+,30-,31-,32+/m1/s1. The molecule has 206 valence electrons. The zero-order chi connectivity index (χ0) is 28.1. The second-order valence-electron chi connectivity index (χ2n) is 15.2. The van der Waals surface area contributed by atoms with Crippen molar-refractivity contribution >= 4 is 17.5 Å². The van der Waals surface area contributed by atoms with Crippen molar-refractivity contribution in [2.75, 3.05) is 7.05 Å². The van der Waals surface area contributed by atoms with Gasteiger partial charge in [-0.2, -0.15) is 5.26 Å². The summed E-state index contributed by atoms with van der Waals surface area (Å²) in [5.41, 5.74) is -0.347. The van der Waals surface area contributed by atoms with Gasteiger partial charge in [0, 0.05) is 29.3 Å². The molecule has 0 spiro atoms. The van der Waals surface area contributed by atoms with Crippen LogP contribution in [0.15, 0.2) is 23.3 Å². The summed E-state index contributed by atoms with van der Waals surface area (Å²) in [7, 11) is 1.78. The van der Waals surface area contributed by atoms with E-state index in [-0.39, 0.29) is 56.7 Å². The van der Waals surface area contributed by atoms with Gasteiger partial charge < -0.3 is 10.6 Å². The second-order valence-corrected chi connectivity index (χ2v) is 15.2. The molecule has 3 saturated carbocycles. The van der Waals surface area contributed by atoms with Crippen LogP contribution in [0.2, 0.25) is 0 Å². The third-order valence-electron chi connectivity index (χ3n) is 12.5. The number of nitrogens with one attached hydrogen (secondary N) is 3. The van der Waals surface area contributed by atoms with E-state index in [0.29, 0.717) is 5.96 Å². The van der Waals surface area contributed by atoms with Crippen molar-refractivity contribution in [1.29, 1.82) is 10.7 Å². The minimum absolute atomic E-state index is 0.0564. The smallest absolute Gasteiger partial charge is 0.188 e. The summed E-state index contributed by atoms with van der Waals surface area (Å²) >= 11 is 0. The summed E-state index contributed by atoms with van der Waals surface area (Å²) in [5.74, 6) is 0.539. The Labute approximate surface area is 228 Å². The van der Waals surface area contributed by atoms with Gasteiger partial charge in [0.2, 0.25) is 0 Å². The van der Waals surface area contributed by atoms with Crippen LogP contribution < -0.4 is 10.6 Å². The number of ketones is 2. The highest BCUT2D eigenvalue weighted by Gasteiger charge is 2.70. The fourth-order valence-electron chi connectivity index (χ4n) is 10.2. The number of Topliss-reactive ketones (excluding diaryl/α,β-unsaturated/α-hetero) is 1. The van der Waals surface area contributed by atoms with E-state index in [2.05, 4.69) is 51.3 Å². The Hall–Kier alpha value is -2.42. The average molecular weight is 519 g/mol. The molecule has 0 aromatic carbocycles. The van der Waals surface area contributed by atoms with Gasteiger partial charge in [-0.25, -0.2) is 0 Å².